The van der Waals surface area contributed by atoms with E-state index in [-0.39, 0.29) is 16.3 Å². The molecule has 1 amide bonds. The van der Waals surface area contributed by atoms with Gasteiger partial charge in [-0.3, -0.25) is 14.9 Å². The Morgan fingerprint density at radius 1 is 1.38 bits per heavy atom. The highest BCUT2D eigenvalue weighted by Gasteiger charge is 2.20. The van der Waals surface area contributed by atoms with Crippen molar-refractivity contribution in [3.8, 4) is 5.88 Å². The van der Waals surface area contributed by atoms with Crippen LogP contribution in [0.25, 0.3) is 0 Å². The number of benzene rings is 1. The third-order valence-electron chi connectivity index (χ3n) is 2.60. The first-order chi connectivity index (χ1) is 10.0. The van der Waals surface area contributed by atoms with Crippen LogP contribution >= 0.6 is 11.6 Å². The minimum absolute atomic E-state index is 0.0831. The standard InChI is InChI=1S/C13H10ClN3O4/c1-21-12-5-3-9(7-15-12)16-13(18)10-4-2-8(14)6-11(10)17(19)20/h2-7H,1H3,(H,16,18). The lowest BCUT2D eigenvalue weighted by molar-refractivity contribution is -0.385. The fourth-order valence-electron chi connectivity index (χ4n) is 1.62. The zero-order valence-corrected chi connectivity index (χ0v) is 11.6. The number of nitrogens with one attached hydrogen (secondary N) is 1. The van der Waals surface area contributed by atoms with Crippen LogP contribution in [0.4, 0.5) is 11.4 Å². The molecule has 0 aliphatic rings. The van der Waals surface area contributed by atoms with Crippen molar-refractivity contribution in [2.45, 2.75) is 0 Å². The van der Waals surface area contributed by atoms with Crippen LogP contribution in [0.3, 0.4) is 0 Å². The van der Waals surface area contributed by atoms with E-state index in [1.807, 2.05) is 0 Å². The lowest BCUT2D eigenvalue weighted by Gasteiger charge is -2.06. The van der Waals surface area contributed by atoms with Crippen molar-refractivity contribution in [1.29, 1.82) is 0 Å². The molecule has 2 aromatic rings. The minimum Gasteiger partial charge on any atom is -0.481 e. The van der Waals surface area contributed by atoms with Crippen molar-refractivity contribution in [3.63, 3.8) is 0 Å². The summed E-state index contributed by atoms with van der Waals surface area (Å²) in [5.74, 6) is -0.226. The fourth-order valence-corrected chi connectivity index (χ4v) is 1.79. The van der Waals surface area contributed by atoms with Gasteiger partial charge >= 0.3 is 0 Å². The highest BCUT2D eigenvalue weighted by atomic mass is 35.5. The molecular weight excluding hydrogens is 298 g/mol. The van der Waals surface area contributed by atoms with Gasteiger partial charge in [0.05, 0.1) is 23.9 Å². The second kappa shape index (κ2) is 6.19. The molecule has 0 aliphatic heterocycles. The Morgan fingerprint density at radius 2 is 2.14 bits per heavy atom. The average Bonchev–Trinajstić information content (AvgIpc) is 2.47. The lowest BCUT2D eigenvalue weighted by Crippen LogP contribution is -2.14. The van der Waals surface area contributed by atoms with Gasteiger partial charge in [0.2, 0.25) is 5.88 Å². The van der Waals surface area contributed by atoms with Gasteiger partial charge in [-0.15, -0.1) is 0 Å². The summed E-state index contributed by atoms with van der Waals surface area (Å²) in [6, 6.07) is 6.97. The number of pyridine rings is 1. The first-order valence-electron chi connectivity index (χ1n) is 5.76. The minimum atomic E-state index is -0.660. The molecule has 0 saturated heterocycles. The number of nitro benzene ring substituents is 1. The Balaban J connectivity index is 2.25. The number of nitro groups is 1. The van der Waals surface area contributed by atoms with Crippen LogP contribution < -0.4 is 10.1 Å². The van der Waals surface area contributed by atoms with Crippen molar-refractivity contribution < 1.29 is 14.5 Å². The molecule has 0 atom stereocenters. The second-order valence-corrected chi connectivity index (χ2v) is 4.40. The normalized spacial score (nSPS) is 10.0. The highest BCUT2D eigenvalue weighted by Crippen LogP contribution is 2.24. The largest absolute Gasteiger partial charge is 0.481 e. The Labute approximate surface area is 124 Å². The Bertz CT molecular complexity index is 688. The van der Waals surface area contributed by atoms with Gasteiger partial charge in [-0.1, -0.05) is 11.6 Å². The molecule has 8 heteroatoms. The monoisotopic (exact) mass is 307 g/mol. The number of anilines is 1. The summed E-state index contributed by atoms with van der Waals surface area (Å²) < 4.78 is 4.89. The van der Waals surface area contributed by atoms with Crippen molar-refractivity contribution in [2.24, 2.45) is 0 Å². The number of halogens is 1. The molecule has 1 aromatic heterocycles. The molecule has 0 bridgehead atoms. The quantitative estimate of drug-likeness (QED) is 0.692. The van der Waals surface area contributed by atoms with Crippen LogP contribution in [-0.4, -0.2) is 22.9 Å². The van der Waals surface area contributed by atoms with Crippen LogP contribution in [-0.2, 0) is 0 Å². The van der Waals surface area contributed by atoms with Crippen molar-refractivity contribution in [3.05, 3.63) is 57.2 Å². The van der Waals surface area contributed by atoms with Crippen molar-refractivity contribution in [1.82, 2.24) is 4.98 Å². The number of methoxy groups -OCH3 is 1. The van der Waals surface area contributed by atoms with E-state index in [1.54, 1.807) is 12.1 Å². The van der Waals surface area contributed by atoms with E-state index in [4.69, 9.17) is 16.3 Å². The third-order valence-corrected chi connectivity index (χ3v) is 2.84. The molecule has 1 heterocycles. The van der Waals surface area contributed by atoms with Crippen molar-refractivity contribution >= 4 is 28.9 Å². The van der Waals surface area contributed by atoms with Gasteiger partial charge < -0.3 is 10.1 Å². The summed E-state index contributed by atoms with van der Waals surface area (Å²) >= 11 is 5.70. The first kappa shape index (κ1) is 14.7. The average molecular weight is 308 g/mol. The number of ether oxygens (including phenoxy) is 1. The zero-order valence-electron chi connectivity index (χ0n) is 10.9. The molecule has 2 rings (SSSR count). The molecule has 7 nitrogen and oxygen atoms in total. The molecule has 0 unspecified atom stereocenters. The number of nitrogens with zero attached hydrogens (tertiary/aromatic N) is 2. The molecule has 1 aromatic carbocycles. The molecule has 0 radical (unpaired) electrons. The summed E-state index contributed by atoms with van der Waals surface area (Å²) in [5.41, 5.74) is -0.0493. The summed E-state index contributed by atoms with van der Waals surface area (Å²) in [7, 11) is 1.47. The van der Waals surface area contributed by atoms with E-state index in [1.165, 1.54) is 25.4 Å². The summed E-state index contributed by atoms with van der Waals surface area (Å²) in [4.78, 5) is 26.3. The van der Waals surface area contributed by atoms with Gasteiger partial charge in [0.25, 0.3) is 11.6 Å². The Hall–Kier alpha value is -2.67. The Kier molecular flexibility index (Phi) is 4.34. The SMILES string of the molecule is COc1ccc(NC(=O)c2ccc(Cl)cc2[N+](=O)[O-])cn1. The zero-order chi connectivity index (χ0) is 15.4. The molecule has 1 N–H and O–H groups in total. The number of aromatic nitrogens is 1. The van der Waals surface area contributed by atoms with E-state index in [0.29, 0.717) is 11.6 Å². The van der Waals surface area contributed by atoms with Gasteiger partial charge in [0.1, 0.15) is 5.56 Å². The molecule has 21 heavy (non-hydrogen) atoms. The van der Waals surface area contributed by atoms with Crippen LogP contribution in [0.1, 0.15) is 10.4 Å². The number of carbonyl (C=O) groups excluding carboxylic acids is 1. The van der Waals surface area contributed by atoms with Gasteiger partial charge in [0.15, 0.2) is 0 Å². The first-order valence-corrected chi connectivity index (χ1v) is 6.14. The van der Waals surface area contributed by atoms with E-state index < -0.39 is 10.8 Å². The summed E-state index contributed by atoms with van der Waals surface area (Å²) in [5, 5.41) is 13.7. The predicted octanol–water partition coefficient (Wildman–Crippen LogP) is 2.90. The smallest absolute Gasteiger partial charge is 0.283 e. The van der Waals surface area contributed by atoms with Gasteiger partial charge in [-0.2, -0.15) is 0 Å². The topological polar surface area (TPSA) is 94.4 Å². The second-order valence-electron chi connectivity index (χ2n) is 3.96. The van der Waals surface area contributed by atoms with Crippen LogP contribution in [0.2, 0.25) is 5.02 Å². The number of hydrogen-bond acceptors (Lipinski definition) is 5. The molecule has 0 aliphatic carbocycles. The van der Waals surface area contributed by atoms with E-state index in [0.717, 1.165) is 6.07 Å². The molecule has 0 fully saturated rings. The van der Waals surface area contributed by atoms with E-state index in [2.05, 4.69) is 10.3 Å². The molecule has 108 valence electrons. The Morgan fingerprint density at radius 3 is 2.71 bits per heavy atom. The van der Waals surface area contributed by atoms with Crippen molar-refractivity contribution in [2.75, 3.05) is 12.4 Å². The molecule has 0 saturated carbocycles. The highest BCUT2D eigenvalue weighted by molar-refractivity contribution is 6.31. The summed E-state index contributed by atoms with van der Waals surface area (Å²) in [6.07, 6.45) is 1.39. The van der Waals surface area contributed by atoms with Crippen LogP contribution in [0.15, 0.2) is 36.5 Å². The number of amides is 1. The maximum Gasteiger partial charge on any atom is 0.283 e. The number of hydrogen-bond donors (Lipinski definition) is 1. The van der Waals surface area contributed by atoms with Gasteiger partial charge in [-0.05, 0) is 18.2 Å². The summed E-state index contributed by atoms with van der Waals surface area (Å²) in [6.45, 7) is 0. The maximum atomic E-state index is 12.1. The number of rotatable bonds is 4. The third kappa shape index (κ3) is 3.46. The molecule has 0 spiro atoms. The van der Waals surface area contributed by atoms with Crippen LogP contribution in [0.5, 0.6) is 5.88 Å². The fraction of sp³-hybridized carbons (Fsp3) is 0.0769. The number of carbonyl (C=O) groups is 1. The van der Waals surface area contributed by atoms with E-state index >= 15 is 0 Å². The van der Waals surface area contributed by atoms with E-state index in [9.17, 15) is 14.9 Å². The molecular formula is C13H10ClN3O4. The lowest BCUT2D eigenvalue weighted by atomic mass is 10.1. The predicted molar refractivity (Wildman–Crippen MR) is 76.8 cm³/mol. The maximum absolute atomic E-state index is 12.1. The van der Waals surface area contributed by atoms with Gasteiger partial charge in [-0.25, -0.2) is 4.98 Å². The van der Waals surface area contributed by atoms with Gasteiger partial charge in [0, 0.05) is 17.2 Å². The van der Waals surface area contributed by atoms with Crippen LogP contribution in [0, 0.1) is 10.1 Å².